The summed E-state index contributed by atoms with van der Waals surface area (Å²) in [7, 11) is 3.16. The summed E-state index contributed by atoms with van der Waals surface area (Å²) in [6.45, 7) is 0. The molecule has 6 heteroatoms. The highest BCUT2D eigenvalue weighted by Gasteiger charge is 2.05. The van der Waals surface area contributed by atoms with Crippen LogP contribution in [0.3, 0.4) is 0 Å². The lowest BCUT2D eigenvalue weighted by Crippen LogP contribution is -2.16. The van der Waals surface area contributed by atoms with Crippen molar-refractivity contribution in [2.24, 2.45) is 5.10 Å². The summed E-state index contributed by atoms with van der Waals surface area (Å²) >= 11 is 1.36. The normalized spacial score (nSPS) is 10.5. The Hall–Kier alpha value is -2.34. The molecule has 1 aromatic carbocycles. The van der Waals surface area contributed by atoms with E-state index in [4.69, 9.17) is 9.47 Å². The molecule has 0 saturated heterocycles. The highest BCUT2D eigenvalue weighted by atomic mass is 32.1. The standard InChI is InChI=1S/C14H14N2O3S/c1-18-11-5-6-12(19-2)10(8-11)9-15-16-14(17)13-4-3-7-20-13/h3-9H,1-2H3,(H,16,17). The summed E-state index contributed by atoms with van der Waals surface area (Å²) in [6, 6.07) is 8.90. The number of thiophene rings is 1. The third-order valence-electron chi connectivity index (χ3n) is 2.55. The molecule has 0 aliphatic rings. The number of benzene rings is 1. The van der Waals surface area contributed by atoms with Crippen LogP contribution in [0, 0.1) is 0 Å². The Morgan fingerprint density at radius 2 is 2.15 bits per heavy atom. The predicted molar refractivity (Wildman–Crippen MR) is 78.9 cm³/mol. The lowest BCUT2D eigenvalue weighted by molar-refractivity contribution is 0.0959. The Morgan fingerprint density at radius 1 is 1.30 bits per heavy atom. The molecular formula is C14H14N2O3S. The molecule has 1 N–H and O–H groups in total. The molecule has 0 aliphatic carbocycles. The number of carbonyl (C=O) groups is 1. The number of hydrogen-bond donors (Lipinski definition) is 1. The van der Waals surface area contributed by atoms with Crippen molar-refractivity contribution in [1.82, 2.24) is 5.43 Å². The number of hydrazone groups is 1. The Bertz CT molecular complexity index is 609. The lowest BCUT2D eigenvalue weighted by Gasteiger charge is -2.06. The molecule has 0 bridgehead atoms. The smallest absolute Gasteiger partial charge is 0.281 e. The maximum Gasteiger partial charge on any atom is 0.281 e. The molecule has 2 aromatic rings. The van der Waals surface area contributed by atoms with Crippen molar-refractivity contribution < 1.29 is 14.3 Å². The zero-order chi connectivity index (χ0) is 14.4. The first kappa shape index (κ1) is 14.1. The van der Waals surface area contributed by atoms with E-state index >= 15 is 0 Å². The van der Waals surface area contributed by atoms with E-state index in [1.807, 2.05) is 11.4 Å². The van der Waals surface area contributed by atoms with Gasteiger partial charge < -0.3 is 9.47 Å². The van der Waals surface area contributed by atoms with Crippen LogP contribution in [0.4, 0.5) is 0 Å². The minimum atomic E-state index is -0.238. The summed E-state index contributed by atoms with van der Waals surface area (Å²) in [5, 5.41) is 5.77. The molecule has 0 unspecified atom stereocenters. The second-order valence-corrected chi connectivity index (χ2v) is 4.73. The molecule has 2 rings (SSSR count). The van der Waals surface area contributed by atoms with Crippen molar-refractivity contribution in [2.75, 3.05) is 14.2 Å². The third kappa shape index (κ3) is 3.36. The van der Waals surface area contributed by atoms with E-state index in [0.717, 1.165) is 5.56 Å². The largest absolute Gasteiger partial charge is 0.497 e. The summed E-state index contributed by atoms with van der Waals surface area (Å²) in [5.74, 6) is 1.11. The molecule has 0 aliphatic heterocycles. The van der Waals surface area contributed by atoms with Gasteiger partial charge in [-0.2, -0.15) is 5.10 Å². The molecule has 5 nitrogen and oxygen atoms in total. The van der Waals surface area contributed by atoms with Crippen LogP contribution in [0.25, 0.3) is 0 Å². The van der Waals surface area contributed by atoms with Crippen LogP contribution >= 0.6 is 11.3 Å². The van der Waals surface area contributed by atoms with Gasteiger partial charge in [0.15, 0.2) is 0 Å². The average molecular weight is 290 g/mol. The van der Waals surface area contributed by atoms with Crippen LogP contribution in [0.5, 0.6) is 11.5 Å². The molecular weight excluding hydrogens is 276 g/mol. The van der Waals surface area contributed by atoms with E-state index in [1.54, 1.807) is 38.5 Å². The Labute approximate surface area is 120 Å². The zero-order valence-corrected chi connectivity index (χ0v) is 11.9. The van der Waals surface area contributed by atoms with Crippen LogP contribution in [-0.4, -0.2) is 26.3 Å². The minimum Gasteiger partial charge on any atom is -0.497 e. The topological polar surface area (TPSA) is 59.9 Å². The molecule has 0 saturated carbocycles. The molecule has 0 spiro atoms. The fourth-order valence-electron chi connectivity index (χ4n) is 1.56. The SMILES string of the molecule is COc1ccc(OC)c(C=NNC(=O)c2cccs2)c1. The van der Waals surface area contributed by atoms with Gasteiger partial charge in [-0.05, 0) is 29.6 Å². The summed E-state index contributed by atoms with van der Waals surface area (Å²) in [5.41, 5.74) is 3.19. The Kier molecular flexibility index (Phi) is 4.73. The zero-order valence-electron chi connectivity index (χ0n) is 11.1. The van der Waals surface area contributed by atoms with Gasteiger partial charge in [-0.25, -0.2) is 5.43 Å². The molecule has 1 amide bonds. The predicted octanol–water partition coefficient (Wildman–Crippen LogP) is 2.53. The molecule has 0 radical (unpaired) electrons. The molecule has 0 atom stereocenters. The van der Waals surface area contributed by atoms with Gasteiger partial charge in [-0.1, -0.05) is 6.07 Å². The van der Waals surface area contributed by atoms with Crippen molar-refractivity contribution >= 4 is 23.5 Å². The van der Waals surface area contributed by atoms with E-state index in [-0.39, 0.29) is 5.91 Å². The monoisotopic (exact) mass is 290 g/mol. The van der Waals surface area contributed by atoms with Gasteiger partial charge in [0, 0.05) is 5.56 Å². The second kappa shape index (κ2) is 6.72. The third-order valence-corrected chi connectivity index (χ3v) is 3.42. The summed E-state index contributed by atoms with van der Waals surface area (Å²) < 4.78 is 10.4. The van der Waals surface area contributed by atoms with E-state index in [0.29, 0.717) is 16.4 Å². The fraction of sp³-hybridized carbons (Fsp3) is 0.143. The number of nitrogens with one attached hydrogen (secondary N) is 1. The molecule has 20 heavy (non-hydrogen) atoms. The highest BCUT2D eigenvalue weighted by Crippen LogP contribution is 2.22. The quantitative estimate of drug-likeness (QED) is 0.680. The van der Waals surface area contributed by atoms with Crippen LogP contribution in [0.2, 0.25) is 0 Å². The first-order valence-electron chi connectivity index (χ1n) is 5.83. The van der Waals surface area contributed by atoms with Crippen LogP contribution in [0.15, 0.2) is 40.8 Å². The van der Waals surface area contributed by atoms with Gasteiger partial charge in [0.1, 0.15) is 11.5 Å². The van der Waals surface area contributed by atoms with Gasteiger partial charge in [-0.15, -0.1) is 11.3 Å². The number of hydrogen-bond acceptors (Lipinski definition) is 5. The van der Waals surface area contributed by atoms with Crippen molar-refractivity contribution in [2.45, 2.75) is 0 Å². The Morgan fingerprint density at radius 3 is 2.80 bits per heavy atom. The van der Waals surface area contributed by atoms with Crippen LogP contribution in [0.1, 0.15) is 15.2 Å². The second-order valence-electron chi connectivity index (χ2n) is 3.78. The van der Waals surface area contributed by atoms with Gasteiger partial charge >= 0.3 is 0 Å². The van der Waals surface area contributed by atoms with Crippen molar-refractivity contribution in [3.63, 3.8) is 0 Å². The Balaban J connectivity index is 2.09. The van der Waals surface area contributed by atoms with Crippen molar-refractivity contribution in [1.29, 1.82) is 0 Å². The van der Waals surface area contributed by atoms with E-state index < -0.39 is 0 Å². The van der Waals surface area contributed by atoms with E-state index in [1.165, 1.54) is 17.6 Å². The summed E-state index contributed by atoms with van der Waals surface area (Å²) in [6.07, 6.45) is 1.52. The first-order valence-corrected chi connectivity index (χ1v) is 6.71. The van der Waals surface area contributed by atoms with Crippen LogP contribution < -0.4 is 14.9 Å². The number of amides is 1. The van der Waals surface area contributed by atoms with Gasteiger partial charge in [-0.3, -0.25) is 4.79 Å². The maximum atomic E-state index is 11.7. The number of ether oxygens (including phenoxy) is 2. The van der Waals surface area contributed by atoms with Gasteiger partial charge in [0.25, 0.3) is 5.91 Å². The maximum absolute atomic E-state index is 11.7. The minimum absolute atomic E-state index is 0.238. The number of rotatable bonds is 5. The molecule has 1 aromatic heterocycles. The first-order chi connectivity index (χ1) is 9.74. The van der Waals surface area contributed by atoms with E-state index in [2.05, 4.69) is 10.5 Å². The number of methoxy groups -OCH3 is 2. The van der Waals surface area contributed by atoms with Crippen molar-refractivity contribution in [3.8, 4) is 11.5 Å². The molecule has 0 fully saturated rings. The molecule has 104 valence electrons. The average Bonchev–Trinajstić information content (AvgIpc) is 3.01. The van der Waals surface area contributed by atoms with Gasteiger partial charge in [0.2, 0.25) is 0 Å². The van der Waals surface area contributed by atoms with Crippen LogP contribution in [-0.2, 0) is 0 Å². The fourth-order valence-corrected chi connectivity index (χ4v) is 2.18. The summed E-state index contributed by atoms with van der Waals surface area (Å²) in [4.78, 5) is 12.3. The number of nitrogens with zero attached hydrogens (tertiary/aromatic N) is 1. The highest BCUT2D eigenvalue weighted by molar-refractivity contribution is 7.12. The van der Waals surface area contributed by atoms with E-state index in [9.17, 15) is 4.79 Å². The van der Waals surface area contributed by atoms with Crippen molar-refractivity contribution in [3.05, 3.63) is 46.2 Å². The molecule has 1 heterocycles. The lowest BCUT2D eigenvalue weighted by atomic mass is 10.2. The van der Waals surface area contributed by atoms with Gasteiger partial charge in [0.05, 0.1) is 25.3 Å². The number of carbonyl (C=O) groups excluding carboxylic acids is 1.